The van der Waals surface area contributed by atoms with Crippen LogP contribution in [0.2, 0.25) is 0 Å². The molecule has 0 aliphatic carbocycles. The van der Waals surface area contributed by atoms with E-state index in [1.165, 1.54) is 0 Å². The second-order valence-electron chi connectivity index (χ2n) is 7.94. The van der Waals surface area contributed by atoms with Crippen molar-refractivity contribution in [2.75, 3.05) is 13.6 Å². The van der Waals surface area contributed by atoms with Gasteiger partial charge in [0.1, 0.15) is 0 Å². The summed E-state index contributed by atoms with van der Waals surface area (Å²) in [6, 6.07) is 14.0. The topological polar surface area (TPSA) is 78.9 Å². The van der Waals surface area contributed by atoms with Crippen LogP contribution in [0, 0.1) is 6.92 Å². The Kier molecular flexibility index (Phi) is 4.71. The number of hydrogen-bond donors (Lipinski definition) is 3. The molecule has 4 aromatic rings. The van der Waals surface area contributed by atoms with E-state index in [4.69, 9.17) is 0 Å². The summed E-state index contributed by atoms with van der Waals surface area (Å²) >= 11 is 0. The quantitative estimate of drug-likeness (QED) is 0.334. The number of carbonyl (C=O) groups is 2. The number of hydrogen-bond acceptors (Lipinski definition) is 3. The zero-order chi connectivity index (χ0) is 21.5. The van der Waals surface area contributed by atoms with Gasteiger partial charge in [-0.05, 0) is 44.6 Å². The van der Waals surface area contributed by atoms with Gasteiger partial charge in [-0.3, -0.25) is 14.9 Å². The number of H-pyrrole nitrogens is 1. The van der Waals surface area contributed by atoms with E-state index in [2.05, 4.69) is 26.3 Å². The number of aromatic nitrogens is 2. The van der Waals surface area contributed by atoms with Crippen LogP contribution in [0.25, 0.3) is 33.0 Å². The summed E-state index contributed by atoms with van der Waals surface area (Å²) in [5, 5.41) is 7.65. The molecule has 31 heavy (non-hydrogen) atoms. The van der Waals surface area contributed by atoms with E-state index < -0.39 is 0 Å². The molecule has 6 heteroatoms. The maximum Gasteiger partial charge on any atom is 0.259 e. The second-order valence-corrected chi connectivity index (χ2v) is 7.94. The number of carbonyl (C=O) groups excluding carboxylic acids is 2. The summed E-state index contributed by atoms with van der Waals surface area (Å²) < 4.78 is 2.19. The number of imide groups is 1. The van der Waals surface area contributed by atoms with Crippen LogP contribution in [-0.4, -0.2) is 35.0 Å². The molecule has 3 N–H and O–H groups in total. The maximum absolute atomic E-state index is 13.0. The molecule has 0 atom stereocenters. The fourth-order valence-electron chi connectivity index (χ4n) is 4.58. The Labute approximate surface area is 179 Å². The first kappa shape index (κ1) is 19.3. The van der Waals surface area contributed by atoms with Crippen LogP contribution in [0.3, 0.4) is 0 Å². The van der Waals surface area contributed by atoms with Crippen LogP contribution in [0.15, 0.2) is 54.9 Å². The summed E-state index contributed by atoms with van der Waals surface area (Å²) in [6.45, 7) is 3.78. The Morgan fingerprint density at radius 1 is 0.968 bits per heavy atom. The van der Waals surface area contributed by atoms with E-state index in [9.17, 15) is 9.59 Å². The Morgan fingerprint density at radius 3 is 2.55 bits per heavy atom. The van der Waals surface area contributed by atoms with Crippen LogP contribution in [-0.2, 0) is 16.1 Å². The smallest absolute Gasteiger partial charge is 0.259 e. The Morgan fingerprint density at radius 2 is 1.74 bits per heavy atom. The molecule has 6 nitrogen and oxygen atoms in total. The molecule has 2 aromatic carbocycles. The molecule has 0 saturated carbocycles. The number of para-hydroxylation sites is 1. The van der Waals surface area contributed by atoms with Gasteiger partial charge in [0, 0.05) is 51.9 Å². The monoisotopic (exact) mass is 412 g/mol. The lowest BCUT2D eigenvalue weighted by atomic mass is 9.94. The van der Waals surface area contributed by atoms with Crippen LogP contribution in [0.4, 0.5) is 0 Å². The van der Waals surface area contributed by atoms with Crippen molar-refractivity contribution >= 4 is 44.8 Å². The fourth-order valence-corrected chi connectivity index (χ4v) is 4.58. The van der Waals surface area contributed by atoms with Crippen LogP contribution in [0.5, 0.6) is 0 Å². The molecule has 0 spiro atoms. The highest BCUT2D eigenvalue weighted by Gasteiger charge is 2.35. The van der Waals surface area contributed by atoms with Gasteiger partial charge in [0.05, 0.1) is 11.1 Å². The first-order valence-electron chi connectivity index (χ1n) is 10.5. The van der Waals surface area contributed by atoms with Gasteiger partial charge >= 0.3 is 0 Å². The van der Waals surface area contributed by atoms with Crippen LogP contribution < -0.4 is 10.6 Å². The number of aromatic amines is 1. The lowest BCUT2D eigenvalue weighted by molar-refractivity contribution is -0.122. The van der Waals surface area contributed by atoms with Gasteiger partial charge in [-0.2, -0.15) is 0 Å². The average Bonchev–Trinajstić information content (AvgIpc) is 3.42. The minimum atomic E-state index is -0.352. The lowest BCUT2D eigenvalue weighted by Crippen LogP contribution is -2.22. The van der Waals surface area contributed by atoms with Gasteiger partial charge in [-0.1, -0.05) is 30.3 Å². The first-order valence-corrected chi connectivity index (χ1v) is 10.5. The van der Waals surface area contributed by atoms with Crippen molar-refractivity contribution in [2.24, 2.45) is 0 Å². The van der Waals surface area contributed by atoms with Crippen molar-refractivity contribution in [1.82, 2.24) is 20.2 Å². The Bertz CT molecular complexity index is 1370. The molecule has 5 rings (SSSR count). The predicted octanol–water partition coefficient (Wildman–Crippen LogP) is 3.61. The molecule has 1 aliphatic heterocycles. The van der Waals surface area contributed by atoms with E-state index >= 15 is 0 Å². The van der Waals surface area contributed by atoms with Gasteiger partial charge in [0.15, 0.2) is 0 Å². The molecule has 1 aliphatic rings. The van der Waals surface area contributed by atoms with E-state index in [0.717, 1.165) is 58.0 Å². The first-order chi connectivity index (χ1) is 15.1. The van der Waals surface area contributed by atoms with Crippen molar-refractivity contribution < 1.29 is 9.59 Å². The van der Waals surface area contributed by atoms with E-state index in [1.54, 1.807) is 0 Å². The maximum atomic E-state index is 13.0. The molecule has 0 bridgehead atoms. The minimum Gasteiger partial charge on any atom is -0.361 e. The van der Waals surface area contributed by atoms with Crippen molar-refractivity contribution in [1.29, 1.82) is 0 Å². The summed E-state index contributed by atoms with van der Waals surface area (Å²) in [4.78, 5) is 29.2. The lowest BCUT2D eigenvalue weighted by Gasteiger charge is -2.05. The van der Waals surface area contributed by atoms with E-state index in [-0.39, 0.29) is 11.8 Å². The molecule has 2 aromatic heterocycles. The largest absolute Gasteiger partial charge is 0.361 e. The SMILES string of the molecule is CNCCCn1cc(C2=C(c3c[nH]c4ccccc34)C(=O)NC2=O)c2c(C)cccc21. The molecule has 3 heterocycles. The zero-order valence-corrected chi connectivity index (χ0v) is 17.6. The number of nitrogens with one attached hydrogen (secondary N) is 3. The van der Waals surface area contributed by atoms with E-state index in [1.807, 2.05) is 62.8 Å². The van der Waals surface area contributed by atoms with E-state index in [0.29, 0.717) is 11.1 Å². The second kappa shape index (κ2) is 7.56. The molecule has 0 radical (unpaired) electrons. The predicted molar refractivity (Wildman–Crippen MR) is 123 cm³/mol. The number of fused-ring (bicyclic) bond motifs is 2. The number of amides is 2. The standard InChI is InChI=1S/C25H24N4O2/c1-15-7-5-10-20-21(15)18(14-29(20)12-6-11-26-2)23-22(24(30)28-25(23)31)17-13-27-19-9-4-3-8-16(17)19/h3-5,7-10,13-14,26-27H,6,11-12H2,1-2H3,(H,28,30,31). The van der Waals surface area contributed by atoms with Gasteiger partial charge in [-0.15, -0.1) is 0 Å². The molecular formula is C25H24N4O2. The van der Waals surface area contributed by atoms with Crippen molar-refractivity contribution in [3.05, 3.63) is 71.5 Å². The zero-order valence-electron chi connectivity index (χ0n) is 17.6. The van der Waals surface area contributed by atoms with Gasteiger partial charge in [0.25, 0.3) is 11.8 Å². The Hall–Kier alpha value is -3.64. The normalized spacial score (nSPS) is 14.3. The summed E-state index contributed by atoms with van der Waals surface area (Å²) in [6.07, 6.45) is 4.81. The summed E-state index contributed by atoms with van der Waals surface area (Å²) in [5.41, 5.74) is 5.52. The van der Waals surface area contributed by atoms with Crippen molar-refractivity contribution in [3.63, 3.8) is 0 Å². The number of rotatable bonds is 6. The van der Waals surface area contributed by atoms with Crippen LogP contribution in [0.1, 0.15) is 23.1 Å². The average molecular weight is 412 g/mol. The summed E-state index contributed by atoms with van der Waals surface area (Å²) in [5.74, 6) is -0.697. The molecule has 156 valence electrons. The molecular weight excluding hydrogens is 388 g/mol. The molecule has 0 saturated heterocycles. The molecule has 0 fully saturated rings. The Balaban J connectivity index is 1.77. The van der Waals surface area contributed by atoms with Gasteiger partial charge in [0.2, 0.25) is 0 Å². The number of benzene rings is 2. The number of nitrogens with zero attached hydrogens (tertiary/aromatic N) is 1. The third kappa shape index (κ3) is 3.07. The van der Waals surface area contributed by atoms with Gasteiger partial charge < -0.3 is 14.9 Å². The fraction of sp³-hybridized carbons (Fsp3) is 0.200. The molecule has 0 unspecified atom stereocenters. The molecule has 2 amide bonds. The third-order valence-electron chi connectivity index (χ3n) is 6.00. The van der Waals surface area contributed by atoms with Gasteiger partial charge in [-0.25, -0.2) is 0 Å². The highest BCUT2D eigenvalue weighted by Crippen LogP contribution is 2.39. The third-order valence-corrected chi connectivity index (χ3v) is 6.00. The van der Waals surface area contributed by atoms with Crippen LogP contribution >= 0.6 is 0 Å². The minimum absolute atomic E-state index is 0.345. The van der Waals surface area contributed by atoms with Crippen molar-refractivity contribution in [2.45, 2.75) is 19.9 Å². The van der Waals surface area contributed by atoms with Crippen molar-refractivity contribution in [3.8, 4) is 0 Å². The number of aryl methyl sites for hydroxylation is 2. The highest BCUT2D eigenvalue weighted by atomic mass is 16.2. The highest BCUT2D eigenvalue weighted by molar-refractivity contribution is 6.50. The summed E-state index contributed by atoms with van der Waals surface area (Å²) in [7, 11) is 1.94.